The van der Waals surface area contributed by atoms with Gasteiger partial charge in [0.25, 0.3) is 0 Å². The Hall–Kier alpha value is -1.49. The number of hydrogen-bond donors (Lipinski definition) is 2. The second kappa shape index (κ2) is 4.84. The van der Waals surface area contributed by atoms with Gasteiger partial charge in [0.1, 0.15) is 17.4 Å². The molecule has 0 saturated heterocycles. The Morgan fingerprint density at radius 2 is 2.33 bits per heavy atom. The zero-order valence-electron chi connectivity index (χ0n) is 9.24. The Morgan fingerprint density at radius 3 is 2.87 bits per heavy atom. The standard InChI is InChI=1S/C10H16N4O/c1-6(7(2)15)12-4-9-5-13-8(3)14-10(9)11/h5-6,12H,4H2,1-3H3,(H2,11,13,14). The Kier molecular flexibility index (Phi) is 3.74. The summed E-state index contributed by atoms with van der Waals surface area (Å²) in [7, 11) is 0. The number of nitrogens with zero attached hydrogens (tertiary/aromatic N) is 2. The lowest BCUT2D eigenvalue weighted by molar-refractivity contribution is -0.118. The third-order valence-electron chi connectivity index (χ3n) is 2.23. The molecular formula is C10H16N4O. The number of nitrogens with two attached hydrogens (primary N) is 1. The van der Waals surface area contributed by atoms with Gasteiger partial charge in [0, 0.05) is 18.3 Å². The van der Waals surface area contributed by atoms with Gasteiger partial charge in [-0.2, -0.15) is 0 Å². The fourth-order valence-corrected chi connectivity index (χ4v) is 1.06. The molecule has 1 unspecified atom stereocenters. The van der Waals surface area contributed by atoms with Crippen LogP contribution in [0.3, 0.4) is 0 Å². The molecule has 0 fully saturated rings. The van der Waals surface area contributed by atoms with E-state index in [-0.39, 0.29) is 11.8 Å². The molecule has 0 spiro atoms. The lowest BCUT2D eigenvalue weighted by atomic mass is 10.2. The Balaban J connectivity index is 2.62. The number of carbonyl (C=O) groups excluding carboxylic acids is 1. The molecule has 0 radical (unpaired) electrons. The van der Waals surface area contributed by atoms with Crippen LogP contribution in [0.4, 0.5) is 5.82 Å². The number of hydrogen-bond acceptors (Lipinski definition) is 5. The van der Waals surface area contributed by atoms with E-state index in [2.05, 4.69) is 15.3 Å². The number of nitrogen functional groups attached to an aromatic ring is 1. The molecule has 5 nitrogen and oxygen atoms in total. The van der Waals surface area contributed by atoms with E-state index in [1.807, 2.05) is 6.92 Å². The van der Waals surface area contributed by atoms with Crippen molar-refractivity contribution in [1.29, 1.82) is 0 Å². The van der Waals surface area contributed by atoms with Crippen LogP contribution in [0.1, 0.15) is 25.2 Å². The number of Topliss-reactive ketones (excluding diaryl/α,β-unsaturated/α-hetero) is 1. The molecular weight excluding hydrogens is 192 g/mol. The average Bonchev–Trinajstić information content (AvgIpc) is 2.15. The van der Waals surface area contributed by atoms with Gasteiger partial charge in [-0.3, -0.25) is 4.79 Å². The predicted octanol–water partition coefficient (Wildman–Crippen LogP) is 0.434. The van der Waals surface area contributed by atoms with Crippen molar-refractivity contribution >= 4 is 11.6 Å². The highest BCUT2D eigenvalue weighted by atomic mass is 16.1. The van der Waals surface area contributed by atoms with Crippen LogP contribution in [0.2, 0.25) is 0 Å². The maximum atomic E-state index is 11.0. The first-order valence-electron chi connectivity index (χ1n) is 4.82. The third-order valence-corrected chi connectivity index (χ3v) is 2.23. The summed E-state index contributed by atoms with van der Waals surface area (Å²) < 4.78 is 0. The molecule has 0 bridgehead atoms. The monoisotopic (exact) mass is 208 g/mol. The van der Waals surface area contributed by atoms with Crippen LogP contribution in [-0.2, 0) is 11.3 Å². The third kappa shape index (κ3) is 3.28. The van der Waals surface area contributed by atoms with Crippen LogP contribution < -0.4 is 11.1 Å². The van der Waals surface area contributed by atoms with Gasteiger partial charge < -0.3 is 11.1 Å². The van der Waals surface area contributed by atoms with Crippen LogP contribution >= 0.6 is 0 Å². The quantitative estimate of drug-likeness (QED) is 0.750. The number of aryl methyl sites for hydroxylation is 1. The van der Waals surface area contributed by atoms with Gasteiger partial charge >= 0.3 is 0 Å². The number of ketones is 1. The van der Waals surface area contributed by atoms with Crippen molar-refractivity contribution in [2.24, 2.45) is 0 Å². The number of aromatic nitrogens is 2. The summed E-state index contributed by atoms with van der Waals surface area (Å²) in [5, 5.41) is 3.05. The second-order valence-corrected chi connectivity index (χ2v) is 3.54. The van der Waals surface area contributed by atoms with Crippen molar-refractivity contribution < 1.29 is 4.79 Å². The minimum absolute atomic E-state index is 0.0987. The maximum Gasteiger partial charge on any atom is 0.146 e. The van der Waals surface area contributed by atoms with Crippen molar-refractivity contribution in [3.8, 4) is 0 Å². The average molecular weight is 208 g/mol. The largest absolute Gasteiger partial charge is 0.383 e. The number of carbonyl (C=O) groups is 1. The number of rotatable bonds is 4. The topological polar surface area (TPSA) is 80.9 Å². The number of anilines is 1. The molecule has 1 aromatic heterocycles. The zero-order valence-corrected chi connectivity index (χ0v) is 9.24. The first-order valence-corrected chi connectivity index (χ1v) is 4.82. The van der Waals surface area contributed by atoms with Crippen molar-refractivity contribution in [3.05, 3.63) is 17.6 Å². The summed E-state index contributed by atoms with van der Waals surface area (Å²) in [6.45, 7) is 5.65. The molecule has 15 heavy (non-hydrogen) atoms. The summed E-state index contributed by atoms with van der Waals surface area (Å²) in [6.07, 6.45) is 1.68. The van der Waals surface area contributed by atoms with E-state index in [0.717, 1.165) is 5.56 Å². The molecule has 0 aliphatic carbocycles. The van der Waals surface area contributed by atoms with E-state index in [0.29, 0.717) is 18.2 Å². The lowest BCUT2D eigenvalue weighted by Gasteiger charge is -2.11. The van der Waals surface area contributed by atoms with Gasteiger partial charge in [0.2, 0.25) is 0 Å². The first kappa shape index (κ1) is 11.6. The van der Waals surface area contributed by atoms with Crippen molar-refractivity contribution in [2.45, 2.75) is 33.4 Å². The van der Waals surface area contributed by atoms with Gasteiger partial charge in [-0.05, 0) is 20.8 Å². The van der Waals surface area contributed by atoms with E-state index >= 15 is 0 Å². The molecule has 1 aromatic rings. The highest BCUT2D eigenvalue weighted by molar-refractivity contribution is 5.80. The van der Waals surface area contributed by atoms with Gasteiger partial charge in [0.05, 0.1) is 6.04 Å². The van der Waals surface area contributed by atoms with Crippen LogP contribution in [0.25, 0.3) is 0 Å². The Morgan fingerprint density at radius 1 is 1.67 bits per heavy atom. The smallest absolute Gasteiger partial charge is 0.146 e. The van der Waals surface area contributed by atoms with Crippen molar-refractivity contribution in [1.82, 2.24) is 15.3 Å². The Bertz CT molecular complexity index is 364. The molecule has 0 amide bonds. The van der Waals surface area contributed by atoms with E-state index < -0.39 is 0 Å². The summed E-state index contributed by atoms with van der Waals surface area (Å²) in [5.74, 6) is 1.21. The molecule has 0 aromatic carbocycles. The van der Waals surface area contributed by atoms with Gasteiger partial charge in [-0.25, -0.2) is 9.97 Å². The molecule has 0 aliphatic heterocycles. The molecule has 82 valence electrons. The van der Waals surface area contributed by atoms with Crippen LogP contribution in [0, 0.1) is 6.92 Å². The predicted molar refractivity (Wildman–Crippen MR) is 58.2 cm³/mol. The van der Waals surface area contributed by atoms with Gasteiger partial charge in [-0.15, -0.1) is 0 Å². The van der Waals surface area contributed by atoms with Crippen LogP contribution in [0.5, 0.6) is 0 Å². The minimum Gasteiger partial charge on any atom is -0.383 e. The molecule has 3 N–H and O–H groups in total. The molecule has 1 heterocycles. The zero-order chi connectivity index (χ0) is 11.4. The van der Waals surface area contributed by atoms with Crippen molar-refractivity contribution in [2.75, 3.05) is 5.73 Å². The summed E-state index contributed by atoms with van der Waals surface area (Å²) in [4.78, 5) is 19.1. The molecule has 0 saturated carbocycles. The first-order chi connectivity index (χ1) is 7.00. The van der Waals surface area contributed by atoms with Crippen LogP contribution in [-0.4, -0.2) is 21.8 Å². The SMILES string of the molecule is CC(=O)C(C)NCc1cnc(C)nc1N. The second-order valence-electron chi connectivity index (χ2n) is 3.54. The molecule has 0 aliphatic rings. The van der Waals surface area contributed by atoms with Crippen molar-refractivity contribution in [3.63, 3.8) is 0 Å². The normalized spacial score (nSPS) is 12.5. The number of nitrogens with one attached hydrogen (secondary N) is 1. The molecule has 5 heteroatoms. The summed E-state index contributed by atoms with van der Waals surface area (Å²) >= 11 is 0. The van der Waals surface area contributed by atoms with E-state index in [1.54, 1.807) is 20.0 Å². The maximum absolute atomic E-state index is 11.0. The van der Waals surface area contributed by atoms with Gasteiger partial charge in [0.15, 0.2) is 0 Å². The fourth-order valence-electron chi connectivity index (χ4n) is 1.06. The van der Waals surface area contributed by atoms with E-state index in [4.69, 9.17) is 5.73 Å². The fraction of sp³-hybridized carbons (Fsp3) is 0.500. The molecule has 1 atom stereocenters. The van der Waals surface area contributed by atoms with E-state index in [9.17, 15) is 4.79 Å². The van der Waals surface area contributed by atoms with E-state index in [1.165, 1.54) is 0 Å². The van der Waals surface area contributed by atoms with Gasteiger partial charge in [-0.1, -0.05) is 0 Å². The highest BCUT2D eigenvalue weighted by Crippen LogP contribution is 2.06. The van der Waals surface area contributed by atoms with Crippen LogP contribution in [0.15, 0.2) is 6.20 Å². The Labute approximate surface area is 89.1 Å². The lowest BCUT2D eigenvalue weighted by Crippen LogP contribution is -2.32. The minimum atomic E-state index is -0.175. The summed E-state index contributed by atoms with van der Waals surface area (Å²) in [5.41, 5.74) is 6.52. The molecule has 1 rings (SSSR count). The highest BCUT2D eigenvalue weighted by Gasteiger charge is 2.08. The summed E-state index contributed by atoms with van der Waals surface area (Å²) in [6, 6.07) is -0.175.